The van der Waals surface area contributed by atoms with E-state index in [-0.39, 0.29) is 17.9 Å². The summed E-state index contributed by atoms with van der Waals surface area (Å²) in [6, 6.07) is 4.67. The van der Waals surface area contributed by atoms with E-state index >= 15 is 0 Å². The zero-order chi connectivity index (χ0) is 18.1. The summed E-state index contributed by atoms with van der Waals surface area (Å²) in [4.78, 5) is 37.6. The Morgan fingerprint density at radius 1 is 1.20 bits per heavy atom. The molecule has 2 fully saturated rings. The molecule has 2 amide bonds. The lowest BCUT2D eigenvalue weighted by atomic mass is 10.1. The summed E-state index contributed by atoms with van der Waals surface area (Å²) in [5.74, 6) is -2.70. The van der Waals surface area contributed by atoms with Crippen LogP contribution in [-0.2, 0) is 14.4 Å². The monoisotopic (exact) mass is 384 g/mol. The van der Waals surface area contributed by atoms with Gasteiger partial charge < -0.3 is 15.3 Å². The Hall–Kier alpha value is -1.79. The van der Waals surface area contributed by atoms with Gasteiger partial charge in [-0.15, -0.1) is 0 Å². The van der Waals surface area contributed by atoms with Crippen molar-refractivity contribution < 1.29 is 19.5 Å². The molecule has 3 atom stereocenters. The number of nitrogens with one attached hydrogen (secondary N) is 1. The third-order valence-corrected chi connectivity index (χ3v) is 5.40. The number of carbonyl (C=O) groups excluding carboxylic acids is 2. The third-order valence-electron chi connectivity index (χ3n) is 4.85. The van der Waals surface area contributed by atoms with E-state index in [1.807, 2.05) is 0 Å². The Morgan fingerprint density at radius 2 is 1.96 bits per heavy atom. The van der Waals surface area contributed by atoms with Crippen LogP contribution in [0.5, 0.6) is 0 Å². The molecular formula is C17H18Cl2N2O4. The molecule has 134 valence electrons. The van der Waals surface area contributed by atoms with Crippen molar-refractivity contribution >= 4 is 46.7 Å². The number of carboxylic acid groups (broad SMARTS) is 1. The Kier molecular flexibility index (Phi) is 5.20. The molecule has 1 aromatic rings. The Bertz CT molecular complexity index is 725. The highest BCUT2D eigenvalue weighted by molar-refractivity contribution is 6.36. The summed E-state index contributed by atoms with van der Waals surface area (Å²) in [5.41, 5.74) is 0.501. The molecule has 3 rings (SSSR count). The van der Waals surface area contributed by atoms with Crippen LogP contribution in [0.25, 0.3) is 0 Å². The molecule has 2 aliphatic rings. The average molecular weight is 385 g/mol. The number of nitrogens with zero attached hydrogens (tertiary/aromatic N) is 1. The number of anilines is 1. The van der Waals surface area contributed by atoms with Crippen LogP contribution in [-0.4, -0.2) is 35.5 Å². The zero-order valence-corrected chi connectivity index (χ0v) is 14.9. The maximum atomic E-state index is 12.6. The minimum Gasteiger partial charge on any atom is -0.481 e. The highest BCUT2D eigenvalue weighted by Crippen LogP contribution is 2.34. The maximum Gasteiger partial charge on any atom is 0.306 e. The molecular weight excluding hydrogens is 367 g/mol. The zero-order valence-electron chi connectivity index (χ0n) is 13.4. The highest BCUT2D eigenvalue weighted by atomic mass is 35.5. The predicted octanol–water partition coefficient (Wildman–Crippen LogP) is 2.72. The van der Waals surface area contributed by atoms with Crippen molar-refractivity contribution in [1.29, 1.82) is 0 Å². The molecule has 1 saturated heterocycles. The van der Waals surface area contributed by atoms with Gasteiger partial charge in [0.05, 0.1) is 16.6 Å². The number of carboxylic acids is 1. The van der Waals surface area contributed by atoms with Gasteiger partial charge in [0.2, 0.25) is 11.8 Å². The van der Waals surface area contributed by atoms with E-state index in [1.54, 1.807) is 18.2 Å². The summed E-state index contributed by atoms with van der Waals surface area (Å²) in [7, 11) is 0. The number of hydrogen-bond donors (Lipinski definition) is 2. The fourth-order valence-electron chi connectivity index (χ4n) is 3.49. The van der Waals surface area contributed by atoms with Crippen molar-refractivity contribution in [3.8, 4) is 0 Å². The van der Waals surface area contributed by atoms with E-state index in [0.717, 1.165) is 0 Å². The van der Waals surface area contributed by atoms with Gasteiger partial charge in [0, 0.05) is 17.6 Å². The molecule has 1 saturated carbocycles. The lowest BCUT2D eigenvalue weighted by Crippen LogP contribution is -2.41. The molecule has 0 radical (unpaired) electrons. The van der Waals surface area contributed by atoms with Crippen LogP contribution in [0.15, 0.2) is 18.2 Å². The SMILES string of the molecule is O=C(N[C@H]1CC[C@@H](C(=O)O)C1)C1CCN(c2cc(Cl)ccc2Cl)C1=O. The fraction of sp³-hybridized carbons (Fsp3) is 0.471. The number of amides is 2. The normalized spacial score (nSPS) is 26.1. The Labute approximate surface area is 155 Å². The average Bonchev–Trinajstić information content (AvgIpc) is 3.16. The molecule has 1 aliphatic carbocycles. The molecule has 1 aromatic carbocycles. The quantitative estimate of drug-likeness (QED) is 0.781. The first-order chi connectivity index (χ1) is 11.9. The number of carbonyl (C=O) groups is 3. The summed E-state index contributed by atoms with van der Waals surface area (Å²) < 4.78 is 0. The van der Waals surface area contributed by atoms with Gasteiger partial charge in [-0.2, -0.15) is 0 Å². The lowest BCUT2D eigenvalue weighted by molar-refractivity contribution is -0.142. The molecule has 0 aromatic heterocycles. The third kappa shape index (κ3) is 3.75. The summed E-state index contributed by atoms with van der Waals surface area (Å²) in [6.07, 6.45) is 1.96. The standard InChI is InChI=1S/C17H18Cl2N2O4/c18-10-2-4-13(19)14(8-10)21-6-5-12(16(21)23)15(22)20-11-3-1-9(7-11)17(24)25/h2,4,8-9,11-12H,1,3,5-7H2,(H,20,22)(H,24,25)/t9-,11+,12?/m1/s1. The van der Waals surface area contributed by atoms with Crippen LogP contribution < -0.4 is 10.2 Å². The van der Waals surface area contributed by atoms with Crippen LogP contribution in [0.3, 0.4) is 0 Å². The number of rotatable bonds is 4. The topological polar surface area (TPSA) is 86.7 Å². The fourth-order valence-corrected chi connectivity index (χ4v) is 3.88. The van der Waals surface area contributed by atoms with E-state index < -0.39 is 17.8 Å². The maximum absolute atomic E-state index is 12.6. The first-order valence-corrected chi connectivity index (χ1v) is 8.92. The van der Waals surface area contributed by atoms with Crippen molar-refractivity contribution in [2.24, 2.45) is 11.8 Å². The van der Waals surface area contributed by atoms with Gasteiger partial charge in [0.15, 0.2) is 0 Å². The number of halogens is 2. The molecule has 0 spiro atoms. The van der Waals surface area contributed by atoms with Crippen LogP contribution in [0, 0.1) is 11.8 Å². The van der Waals surface area contributed by atoms with Gasteiger partial charge >= 0.3 is 5.97 Å². The van der Waals surface area contributed by atoms with E-state index in [1.165, 1.54) is 4.90 Å². The molecule has 8 heteroatoms. The Balaban J connectivity index is 1.65. The second-order valence-corrected chi connectivity index (χ2v) is 7.32. The number of aliphatic carboxylic acids is 1. The van der Waals surface area contributed by atoms with E-state index in [2.05, 4.69) is 5.32 Å². The van der Waals surface area contributed by atoms with Gasteiger partial charge in [-0.3, -0.25) is 14.4 Å². The van der Waals surface area contributed by atoms with Gasteiger partial charge in [0.1, 0.15) is 5.92 Å². The van der Waals surface area contributed by atoms with Crippen molar-refractivity contribution in [2.75, 3.05) is 11.4 Å². The second-order valence-electron chi connectivity index (χ2n) is 6.48. The van der Waals surface area contributed by atoms with Gasteiger partial charge in [-0.25, -0.2) is 0 Å². The van der Waals surface area contributed by atoms with Crippen molar-refractivity contribution in [2.45, 2.75) is 31.7 Å². The molecule has 1 heterocycles. The number of hydrogen-bond acceptors (Lipinski definition) is 3. The minimum atomic E-state index is -0.838. The summed E-state index contributed by atoms with van der Waals surface area (Å²) in [5, 5.41) is 12.7. The van der Waals surface area contributed by atoms with Crippen molar-refractivity contribution in [3.05, 3.63) is 28.2 Å². The minimum absolute atomic E-state index is 0.190. The van der Waals surface area contributed by atoms with E-state index in [9.17, 15) is 14.4 Å². The van der Waals surface area contributed by atoms with Crippen molar-refractivity contribution in [1.82, 2.24) is 5.32 Å². The van der Waals surface area contributed by atoms with Crippen LogP contribution in [0.4, 0.5) is 5.69 Å². The number of benzene rings is 1. The van der Waals surface area contributed by atoms with Crippen LogP contribution >= 0.6 is 23.2 Å². The summed E-state index contributed by atoms with van der Waals surface area (Å²) in [6.45, 7) is 0.388. The van der Waals surface area contributed by atoms with Gasteiger partial charge in [0.25, 0.3) is 0 Å². The molecule has 1 aliphatic heterocycles. The lowest BCUT2D eigenvalue weighted by Gasteiger charge is -2.19. The van der Waals surface area contributed by atoms with Gasteiger partial charge in [-0.05, 0) is 43.9 Å². The first-order valence-electron chi connectivity index (χ1n) is 8.16. The largest absolute Gasteiger partial charge is 0.481 e. The molecule has 0 bridgehead atoms. The summed E-state index contributed by atoms with van der Waals surface area (Å²) >= 11 is 12.1. The van der Waals surface area contributed by atoms with Crippen LogP contribution in [0.1, 0.15) is 25.7 Å². The smallest absolute Gasteiger partial charge is 0.306 e. The Morgan fingerprint density at radius 3 is 2.64 bits per heavy atom. The highest BCUT2D eigenvalue weighted by Gasteiger charge is 2.40. The second kappa shape index (κ2) is 7.22. The molecule has 2 N–H and O–H groups in total. The first kappa shape index (κ1) is 18.0. The van der Waals surface area contributed by atoms with Crippen molar-refractivity contribution in [3.63, 3.8) is 0 Å². The predicted molar refractivity (Wildman–Crippen MR) is 93.8 cm³/mol. The van der Waals surface area contributed by atoms with Crippen LogP contribution in [0.2, 0.25) is 10.0 Å². The molecule has 1 unspecified atom stereocenters. The van der Waals surface area contributed by atoms with E-state index in [4.69, 9.17) is 28.3 Å². The van der Waals surface area contributed by atoms with E-state index in [0.29, 0.717) is 48.0 Å². The van der Waals surface area contributed by atoms with Gasteiger partial charge in [-0.1, -0.05) is 23.2 Å². The molecule has 6 nitrogen and oxygen atoms in total. The molecule has 25 heavy (non-hydrogen) atoms.